The molecule has 0 radical (unpaired) electrons. The topological polar surface area (TPSA) is 54.5 Å². The second-order valence-corrected chi connectivity index (χ2v) is 6.67. The van der Waals surface area contributed by atoms with Gasteiger partial charge < -0.3 is 19.1 Å². The molecule has 2 fully saturated rings. The van der Waals surface area contributed by atoms with E-state index in [0.29, 0.717) is 39.0 Å². The molecule has 2 heterocycles. The number of hydrogen-bond donors (Lipinski definition) is 0. The first kappa shape index (κ1) is 19.6. The van der Waals surface area contributed by atoms with Crippen molar-refractivity contribution in [2.75, 3.05) is 86.4 Å². The minimum absolute atomic E-state index is 0.150. The molecule has 2 aliphatic heterocycles. The summed E-state index contributed by atoms with van der Waals surface area (Å²) in [5.74, 6) is -0.150. The monoisotopic (exact) mass is 343 g/mol. The van der Waals surface area contributed by atoms with Crippen LogP contribution in [0.15, 0.2) is 0 Å². The van der Waals surface area contributed by atoms with Gasteiger partial charge in [0.15, 0.2) is 0 Å². The van der Waals surface area contributed by atoms with Gasteiger partial charge in [0.2, 0.25) is 0 Å². The van der Waals surface area contributed by atoms with Gasteiger partial charge in [-0.15, -0.1) is 0 Å². The van der Waals surface area contributed by atoms with Crippen molar-refractivity contribution in [3.63, 3.8) is 0 Å². The van der Waals surface area contributed by atoms with Gasteiger partial charge in [-0.25, -0.2) is 0 Å². The van der Waals surface area contributed by atoms with Gasteiger partial charge in [-0.1, -0.05) is 0 Å². The highest BCUT2D eigenvalue weighted by molar-refractivity contribution is 5.71. The van der Waals surface area contributed by atoms with Crippen LogP contribution in [-0.4, -0.2) is 113 Å². The van der Waals surface area contributed by atoms with Gasteiger partial charge in [-0.2, -0.15) is 0 Å². The van der Waals surface area contributed by atoms with E-state index < -0.39 is 0 Å². The minimum atomic E-state index is -0.150. The molecule has 7 heteroatoms. The number of rotatable bonds is 9. The SMILES string of the molecule is COCCOCCOC(=O)CN1CCC(N2CCN(C)CC2)CC1. The number of likely N-dealkylation sites (tertiary alicyclic amines) is 1. The van der Waals surface area contributed by atoms with Gasteiger partial charge in [0, 0.05) is 52.4 Å². The van der Waals surface area contributed by atoms with E-state index in [4.69, 9.17) is 14.2 Å². The zero-order chi connectivity index (χ0) is 17.2. The lowest BCUT2D eigenvalue weighted by atomic mass is 10.0. The first-order valence-electron chi connectivity index (χ1n) is 9.06. The van der Waals surface area contributed by atoms with Crippen molar-refractivity contribution in [1.82, 2.24) is 14.7 Å². The second-order valence-electron chi connectivity index (χ2n) is 6.67. The highest BCUT2D eigenvalue weighted by Crippen LogP contribution is 2.17. The zero-order valence-electron chi connectivity index (χ0n) is 15.2. The van der Waals surface area contributed by atoms with Gasteiger partial charge in [-0.05, 0) is 19.9 Å². The highest BCUT2D eigenvalue weighted by Gasteiger charge is 2.27. The highest BCUT2D eigenvalue weighted by atomic mass is 16.6. The Labute approximate surface area is 145 Å². The molecule has 2 saturated heterocycles. The Morgan fingerprint density at radius 2 is 1.62 bits per heavy atom. The Morgan fingerprint density at radius 1 is 0.958 bits per heavy atom. The zero-order valence-corrected chi connectivity index (χ0v) is 15.2. The quantitative estimate of drug-likeness (QED) is 0.428. The van der Waals surface area contributed by atoms with Gasteiger partial charge in [0.25, 0.3) is 0 Å². The summed E-state index contributed by atoms with van der Waals surface area (Å²) >= 11 is 0. The lowest BCUT2D eigenvalue weighted by molar-refractivity contribution is -0.147. The van der Waals surface area contributed by atoms with E-state index in [-0.39, 0.29) is 5.97 Å². The summed E-state index contributed by atoms with van der Waals surface area (Å²) in [6.45, 7) is 8.89. The molecule has 7 nitrogen and oxygen atoms in total. The summed E-state index contributed by atoms with van der Waals surface area (Å²) in [6, 6.07) is 0.681. The van der Waals surface area contributed by atoms with Crippen LogP contribution in [0.5, 0.6) is 0 Å². The average Bonchev–Trinajstić information content (AvgIpc) is 2.59. The molecule has 0 spiro atoms. The van der Waals surface area contributed by atoms with Crippen molar-refractivity contribution in [2.45, 2.75) is 18.9 Å². The summed E-state index contributed by atoms with van der Waals surface area (Å²) in [7, 11) is 3.82. The summed E-state index contributed by atoms with van der Waals surface area (Å²) in [5.41, 5.74) is 0. The molecule has 0 aromatic heterocycles. The van der Waals surface area contributed by atoms with Crippen LogP contribution in [0.25, 0.3) is 0 Å². The van der Waals surface area contributed by atoms with Crippen molar-refractivity contribution in [3.05, 3.63) is 0 Å². The molecule has 2 aliphatic rings. The minimum Gasteiger partial charge on any atom is -0.462 e. The van der Waals surface area contributed by atoms with E-state index in [2.05, 4.69) is 21.7 Å². The van der Waals surface area contributed by atoms with E-state index in [1.807, 2.05) is 0 Å². The van der Waals surface area contributed by atoms with Crippen LogP contribution in [-0.2, 0) is 19.0 Å². The predicted molar refractivity (Wildman–Crippen MR) is 92.2 cm³/mol. The Balaban J connectivity index is 1.53. The number of nitrogens with zero attached hydrogens (tertiary/aromatic N) is 3. The summed E-state index contributed by atoms with van der Waals surface area (Å²) in [4.78, 5) is 19.1. The molecular formula is C17H33N3O4. The van der Waals surface area contributed by atoms with Crippen LogP contribution < -0.4 is 0 Å². The molecule has 2 rings (SSSR count). The Bertz CT molecular complexity index is 354. The fraction of sp³-hybridized carbons (Fsp3) is 0.941. The molecule has 0 amide bonds. The van der Waals surface area contributed by atoms with Crippen LogP contribution in [0.2, 0.25) is 0 Å². The summed E-state index contributed by atoms with van der Waals surface area (Å²) < 4.78 is 15.4. The van der Waals surface area contributed by atoms with Crippen molar-refractivity contribution >= 4 is 5.97 Å². The molecule has 0 aromatic carbocycles. The van der Waals surface area contributed by atoms with Crippen LogP contribution >= 0.6 is 0 Å². The van der Waals surface area contributed by atoms with Crippen molar-refractivity contribution in [2.24, 2.45) is 0 Å². The number of likely N-dealkylation sites (N-methyl/N-ethyl adjacent to an activating group) is 1. The third-order valence-corrected chi connectivity index (χ3v) is 4.89. The lowest BCUT2D eigenvalue weighted by Crippen LogP contribution is -2.52. The maximum atomic E-state index is 11.9. The molecular weight excluding hydrogens is 310 g/mol. The van der Waals surface area contributed by atoms with Crippen LogP contribution in [0, 0.1) is 0 Å². The predicted octanol–water partition coefficient (Wildman–Crippen LogP) is -0.0956. The molecule has 0 N–H and O–H groups in total. The normalized spacial score (nSPS) is 21.9. The Morgan fingerprint density at radius 3 is 2.29 bits per heavy atom. The van der Waals surface area contributed by atoms with Gasteiger partial charge in [0.1, 0.15) is 6.61 Å². The fourth-order valence-corrected chi connectivity index (χ4v) is 3.32. The van der Waals surface area contributed by atoms with Crippen molar-refractivity contribution in [1.29, 1.82) is 0 Å². The second kappa shape index (κ2) is 11.0. The van der Waals surface area contributed by atoms with Crippen LogP contribution in [0.3, 0.4) is 0 Å². The van der Waals surface area contributed by atoms with Crippen LogP contribution in [0.4, 0.5) is 0 Å². The Hall–Kier alpha value is -0.730. The van der Waals surface area contributed by atoms with Gasteiger partial charge in [0.05, 0.1) is 26.4 Å². The number of ether oxygens (including phenoxy) is 3. The van der Waals surface area contributed by atoms with E-state index in [1.54, 1.807) is 7.11 Å². The number of esters is 1. The third-order valence-electron chi connectivity index (χ3n) is 4.89. The maximum absolute atomic E-state index is 11.9. The first-order valence-corrected chi connectivity index (χ1v) is 9.06. The summed E-state index contributed by atoms with van der Waals surface area (Å²) in [5, 5.41) is 0. The Kier molecular flexibility index (Phi) is 8.98. The molecule has 0 atom stereocenters. The number of piperazine rings is 1. The molecule has 0 bridgehead atoms. The largest absolute Gasteiger partial charge is 0.462 e. The maximum Gasteiger partial charge on any atom is 0.320 e. The fourth-order valence-electron chi connectivity index (χ4n) is 3.32. The van der Waals surface area contributed by atoms with E-state index in [1.165, 1.54) is 26.2 Å². The van der Waals surface area contributed by atoms with Crippen LogP contribution in [0.1, 0.15) is 12.8 Å². The first-order chi connectivity index (χ1) is 11.7. The van der Waals surface area contributed by atoms with E-state index in [0.717, 1.165) is 25.9 Å². The number of hydrogen-bond acceptors (Lipinski definition) is 7. The standard InChI is InChI=1S/C17H33N3O4/c1-18-7-9-20(10-8-18)16-3-5-19(6-4-16)15-17(21)24-14-13-23-12-11-22-2/h16H,3-15H2,1-2H3. The van der Waals surface area contributed by atoms with Crippen molar-refractivity contribution in [3.8, 4) is 0 Å². The van der Waals surface area contributed by atoms with Gasteiger partial charge >= 0.3 is 5.97 Å². The van der Waals surface area contributed by atoms with E-state index >= 15 is 0 Å². The number of carbonyl (C=O) groups is 1. The number of piperidine rings is 1. The summed E-state index contributed by atoms with van der Waals surface area (Å²) in [6.07, 6.45) is 2.30. The van der Waals surface area contributed by atoms with Crippen molar-refractivity contribution < 1.29 is 19.0 Å². The third kappa shape index (κ3) is 7.03. The molecule has 0 aliphatic carbocycles. The average molecular weight is 343 g/mol. The molecule has 140 valence electrons. The molecule has 0 saturated carbocycles. The smallest absolute Gasteiger partial charge is 0.320 e. The lowest BCUT2D eigenvalue weighted by Gasteiger charge is -2.41. The molecule has 0 aromatic rings. The van der Waals surface area contributed by atoms with Gasteiger partial charge in [-0.3, -0.25) is 14.6 Å². The van der Waals surface area contributed by atoms with E-state index in [9.17, 15) is 4.79 Å². The molecule has 24 heavy (non-hydrogen) atoms. The molecule has 0 unspecified atom stereocenters. The number of carbonyl (C=O) groups excluding carboxylic acids is 1. The number of methoxy groups -OCH3 is 1.